The first-order valence-electron chi connectivity index (χ1n) is 6.00. The van der Waals surface area contributed by atoms with Crippen molar-refractivity contribution in [3.63, 3.8) is 0 Å². The number of nitrogens with zero attached hydrogens (tertiary/aromatic N) is 2. The van der Waals surface area contributed by atoms with Crippen LogP contribution in [0, 0.1) is 6.92 Å². The summed E-state index contributed by atoms with van der Waals surface area (Å²) < 4.78 is 7.51. The Balaban J connectivity index is 1.89. The van der Waals surface area contributed by atoms with E-state index >= 15 is 0 Å². The zero-order chi connectivity index (χ0) is 12.3. The van der Waals surface area contributed by atoms with Crippen molar-refractivity contribution in [3.05, 3.63) is 41.6 Å². The van der Waals surface area contributed by atoms with Gasteiger partial charge in [-0.3, -0.25) is 4.68 Å². The molecule has 0 fully saturated rings. The summed E-state index contributed by atoms with van der Waals surface area (Å²) in [5.41, 5.74) is 1.20. The second-order valence-corrected chi connectivity index (χ2v) is 4.26. The summed E-state index contributed by atoms with van der Waals surface area (Å²) >= 11 is 0. The molecule has 0 aromatic carbocycles. The number of aryl methyl sites for hydroxylation is 2. The Morgan fingerprint density at radius 2 is 2.29 bits per heavy atom. The van der Waals surface area contributed by atoms with Crippen LogP contribution in [0.25, 0.3) is 0 Å². The van der Waals surface area contributed by atoms with Crippen molar-refractivity contribution in [2.24, 2.45) is 0 Å². The molecule has 0 aliphatic carbocycles. The van der Waals surface area contributed by atoms with Crippen LogP contribution in [0.5, 0.6) is 0 Å². The van der Waals surface area contributed by atoms with Crippen molar-refractivity contribution in [1.29, 1.82) is 0 Å². The topological polar surface area (TPSA) is 43.0 Å². The Labute approximate surface area is 102 Å². The van der Waals surface area contributed by atoms with Crippen LogP contribution in [0.2, 0.25) is 0 Å². The van der Waals surface area contributed by atoms with Gasteiger partial charge in [-0.1, -0.05) is 0 Å². The Hall–Kier alpha value is -1.55. The first-order valence-corrected chi connectivity index (χ1v) is 6.00. The van der Waals surface area contributed by atoms with Gasteiger partial charge in [-0.2, -0.15) is 5.10 Å². The fourth-order valence-electron chi connectivity index (χ4n) is 1.73. The average Bonchev–Trinajstić information content (AvgIpc) is 2.94. The van der Waals surface area contributed by atoms with Crippen molar-refractivity contribution in [1.82, 2.24) is 15.1 Å². The smallest absolute Gasteiger partial charge is 0.120 e. The quantitative estimate of drug-likeness (QED) is 0.863. The third kappa shape index (κ3) is 2.97. The van der Waals surface area contributed by atoms with Crippen LogP contribution in [0.4, 0.5) is 0 Å². The van der Waals surface area contributed by atoms with E-state index in [1.807, 2.05) is 29.9 Å². The summed E-state index contributed by atoms with van der Waals surface area (Å²) in [7, 11) is 0. The van der Waals surface area contributed by atoms with Gasteiger partial charge in [0, 0.05) is 24.8 Å². The van der Waals surface area contributed by atoms with Crippen molar-refractivity contribution >= 4 is 0 Å². The molecule has 0 radical (unpaired) electrons. The molecule has 0 amide bonds. The number of nitrogens with one attached hydrogen (secondary N) is 1. The van der Waals surface area contributed by atoms with Gasteiger partial charge in [0.1, 0.15) is 11.5 Å². The number of furan rings is 1. The van der Waals surface area contributed by atoms with Crippen molar-refractivity contribution in [2.45, 2.75) is 39.9 Å². The summed E-state index contributed by atoms with van der Waals surface area (Å²) in [6.45, 7) is 7.86. The molecule has 2 heterocycles. The summed E-state index contributed by atoms with van der Waals surface area (Å²) in [5.74, 6) is 1.93. The largest absolute Gasteiger partial charge is 0.465 e. The third-order valence-corrected chi connectivity index (χ3v) is 2.81. The molecule has 4 nitrogen and oxygen atoms in total. The number of aromatic nitrogens is 2. The molecule has 4 heteroatoms. The molecule has 2 rings (SSSR count). The van der Waals surface area contributed by atoms with Gasteiger partial charge in [-0.05, 0) is 32.9 Å². The van der Waals surface area contributed by atoms with Crippen LogP contribution in [-0.2, 0) is 13.1 Å². The van der Waals surface area contributed by atoms with Crippen molar-refractivity contribution in [3.8, 4) is 0 Å². The molecule has 17 heavy (non-hydrogen) atoms. The molecule has 1 N–H and O–H groups in total. The monoisotopic (exact) mass is 233 g/mol. The number of hydrogen-bond acceptors (Lipinski definition) is 3. The fourth-order valence-corrected chi connectivity index (χ4v) is 1.73. The minimum atomic E-state index is 0.216. The van der Waals surface area contributed by atoms with Gasteiger partial charge in [0.2, 0.25) is 0 Å². The van der Waals surface area contributed by atoms with Gasteiger partial charge in [-0.15, -0.1) is 0 Å². The highest BCUT2D eigenvalue weighted by Gasteiger charge is 2.09. The molecule has 2 aromatic heterocycles. The second kappa shape index (κ2) is 5.19. The molecule has 0 aliphatic heterocycles. The fraction of sp³-hybridized carbons (Fsp3) is 0.462. The van der Waals surface area contributed by atoms with E-state index in [0.29, 0.717) is 0 Å². The summed E-state index contributed by atoms with van der Waals surface area (Å²) in [6, 6.07) is 4.22. The first-order chi connectivity index (χ1) is 8.19. The van der Waals surface area contributed by atoms with E-state index in [2.05, 4.69) is 30.5 Å². The Kier molecular flexibility index (Phi) is 3.64. The summed E-state index contributed by atoms with van der Waals surface area (Å²) in [5, 5.41) is 7.66. The van der Waals surface area contributed by atoms with Crippen molar-refractivity contribution in [2.75, 3.05) is 0 Å². The Bertz CT molecular complexity index is 472. The standard InChI is InChI=1S/C13H19N3O/c1-4-16-9-12(8-15-16)7-14-11(3)13-6-5-10(2)17-13/h5-6,8-9,11,14H,4,7H2,1-3H3. The molecule has 0 spiro atoms. The van der Waals surface area contributed by atoms with Crippen LogP contribution < -0.4 is 5.32 Å². The molecule has 2 aromatic rings. The van der Waals surface area contributed by atoms with E-state index in [1.165, 1.54) is 5.56 Å². The van der Waals surface area contributed by atoms with Crippen molar-refractivity contribution < 1.29 is 4.42 Å². The maximum atomic E-state index is 5.58. The molecule has 92 valence electrons. The van der Waals surface area contributed by atoms with Gasteiger partial charge in [-0.25, -0.2) is 0 Å². The van der Waals surface area contributed by atoms with Gasteiger partial charge >= 0.3 is 0 Å². The van der Waals surface area contributed by atoms with Crippen LogP contribution >= 0.6 is 0 Å². The lowest BCUT2D eigenvalue weighted by Gasteiger charge is -2.09. The molecule has 1 atom stereocenters. The lowest BCUT2D eigenvalue weighted by atomic mass is 10.2. The van der Waals surface area contributed by atoms with E-state index in [-0.39, 0.29) is 6.04 Å². The summed E-state index contributed by atoms with van der Waals surface area (Å²) in [4.78, 5) is 0. The highest BCUT2D eigenvalue weighted by molar-refractivity contribution is 5.10. The number of hydrogen-bond donors (Lipinski definition) is 1. The highest BCUT2D eigenvalue weighted by atomic mass is 16.3. The van der Waals surface area contributed by atoms with Crippen LogP contribution in [0.15, 0.2) is 28.9 Å². The molecular formula is C13H19N3O. The maximum Gasteiger partial charge on any atom is 0.120 e. The minimum Gasteiger partial charge on any atom is -0.465 e. The van der Waals surface area contributed by atoms with Gasteiger partial charge in [0.05, 0.1) is 12.2 Å². The summed E-state index contributed by atoms with van der Waals surface area (Å²) in [6.07, 6.45) is 3.96. The molecule has 0 aliphatic rings. The van der Waals surface area contributed by atoms with Crippen LogP contribution in [0.3, 0.4) is 0 Å². The lowest BCUT2D eigenvalue weighted by molar-refractivity contribution is 0.416. The average molecular weight is 233 g/mol. The molecular weight excluding hydrogens is 214 g/mol. The van der Waals surface area contributed by atoms with Gasteiger partial charge in [0.25, 0.3) is 0 Å². The van der Waals surface area contributed by atoms with E-state index < -0.39 is 0 Å². The van der Waals surface area contributed by atoms with Crippen LogP contribution in [-0.4, -0.2) is 9.78 Å². The second-order valence-electron chi connectivity index (χ2n) is 4.26. The molecule has 0 bridgehead atoms. The molecule has 0 saturated heterocycles. The van der Waals surface area contributed by atoms with E-state index in [4.69, 9.17) is 4.42 Å². The van der Waals surface area contributed by atoms with E-state index in [0.717, 1.165) is 24.6 Å². The highest BCUT2D eigenvalue weighted by Crippen LogP contribution is 2.15. The normalized spacial score (nSPS) is 12.9. The Morgan fingerprint density at radius 1 is 1.47 bits per heavy atom. The Morgan fingerprint density at radius 3 is 2.88 bits per heavy atom. The van der Waals surface area contributed by atoms with Gasteiger partial charge in [0.15, 0.2) is 0 Å². The van der Waals surface area contributed by atoms with E-state index in [1.54, 1.807) is 0 Å². The molecule has 0 saturated carbocycles. The van der Waals surface area contributed by atoms with E-state index in [9.17, 15) is 0 Å². The first kappa shape index (κ1) is 11.9. The number of rotatable bonds is 5. The predicted molar refractivity (Wildman–Crippen MR) is 66.6 cm³/mol. The zero-order valence-electron chi connectivity index (χ0n) is 10.6. The van der Waals surface area contributed by atoms with Crippen LogP contribution in [0.1, 0.15) is 37.0 Å². The molecule has 1 unspecified atom stereocenters. The SMILES string of the molecule is CCn1cc(CNC(C)c2ccc(C)o2)cn1. The minimum absolute atomic E-state index is 0.216. The van der Waals surface area contributed by atoms with Gasteiger partial charge < -0.3 is 9.73 Å². The predicted octanol–water partition coefficient (Wildman–Crippen LogP) is 2.66. The zero-order valence-corrected chi connectivity index (χ0v) is 10.6. The third-order valence-electron chi connectivity index (χ3n) is 2.81. The lowest BCUT2D eigenvalue weighted by Crippen LogP contribution is -2.17. The maximum absolute atomic E-state index is 5.58.